The SMILES string of the molecule is CCN(CC1CCC1)c1ncnc(NN)c1[N+](=O)[O-]. The quantitative estimate of drug-likeness (QED) is 0.453. The lowest BCUT2D eigenvalue weighted by atomic mass is 9.85. The Morgan fingerprint density at radius 3 is 2.79 bits per heavy atom. The van der Waals surface area contributed by atoms with Gasteiger partial charge in [-0.3, -0.25) is 10.1 Å². The van der Waals surface area contributed by atoms with Crippen LogP contribution < -0.4 is 16.2 Å². The molecule has 0 amide bonds. The minimum absolute atomic E-state index is 0.0436. The number of nitro groups is 1. The molecule has 2 rings (SSSR count). The molecular weight excluding hydrogens is 248 g/mol. The fraction of sp³-hybridized carbons (Fsp3) is 0.636. The zero-order chi connectivity index (χ0) is 13.8. The van der Waals surface area contributed by atoms with Crippen molar-refractivity contribution in [3.63, 3.8) is 0 Å². The summed E-state index contributed by atoms with van der Waals surface area (Å²) >= 11 is 0. The maximum absolute atomic E-state index is 11.2. The molecule has 1 heterocycles. The normalized spacial score (nSPS) is 14.8. The van der Waals surface area contributed by atoms with Crippen molar-refractivity contribution >= 4 is 17.3 Å². The molecule has 1 aromatic heterocycles. The predicted octanol–water partition coefficient (Wildman–Crippen LogP) is 1.30. The van der Waals surface area contributed by atoms with Crippen LogP contribution in [0, 0.1) is 16.0 Å². The van der Waals surface area contributed by atoms with Crippen molar-refractivity contribution in [2.45, 2.75) is 26.2 Å². The first-order chi connectivity index (χ1) is 9.17. The second-order valence-corrected chi connectivity index (χ2v) is 4.63. The average Bonchev–Trinajstić information content (AvgIpc) is 2.36. The molecule has 3 N–H and O–H groups in total. The average molecular weight is 266 g/mol. The summed E-state index contributed by atoms with van der Waals surface area (Å²) in [7, 11) is 0. The minimum atomic E-state index is -0.492. The summed E-state index contributed by atoms with van der Waals surface area (Å²) in [5.41, 5.74) is 2.10. The van der Waals surface area contributed by atoms with Crippen molar-refractivity contribution in [2.75, 3.05) is 23.4 Å². The second kappa shape index (κ2) is 5.79. The molecule has 0 bridgehead atoms. The third-order valence-corrected chi connectivity index (χ3v) is 3.51. The van der Waals surface area contributed by atoms with Crippen LogP contribution in [-0.2, 0) is 0 Å². The van der Waals surface area contributed by atoms with Gasteiger partial charge in [-0.05, 0) is 25.7 Å². The second-order valence-electron chi connectivity index (χ2n) is 4.63. The van der Waals surface area contributed by atoms with Crippen molar-refractivity contribution in [3.8, 4) is 0 Å². The first-order valence-corrected chi connectivity index (χ1v) is 6.38. The highest BCUT2D eigenvalue weighted by atomic mass is 16.6. The Bertz CT molecular complexity index is 462. The Morgan fingerprint density at radius 1 is 1.58 bits per heavy atom. The molecule has 104 valence electrons. The number of hydrogen-bond acceptors (Lipinski definition) is 7. The fourth-order valence-electron chi connectivity index (χ4n) is 2.23. The van der Waals surface area contributed by atoms with Gasteiger partial charge in [0.15, 0.2) is 0 Å². The molecule has 1 fully saturated rings. The zero-order valence-electron chi connectivity index (χ0n) is 10.9. The number of aromatic nitrogens is 2. The Morgan fingerprint density at radius 2 is 2.32 bits per heavy atom. The number of nitrogens with one attached hydrogen (secondary N) is 1. The number of nitrogens with two attached hydrogens (primary N) is 1. The maximum atomic E-state index is 11.2. The summed E-state index contributed by atoms with van der Waals surface area (Å²) in [5, 5.41) is 11.2. The van der Waals surface area contributed by atoms with Gasteiger partial charge in [-0.25, -0.2) is 15.8 Å². The molecule has 1 saturated carbocycles. The Hall–Kier alpha value is -1.96. The fourth-order valence-corrected chi connectivity index (χ4v) is 2.23. The number of anilines is 2. The largest absolute Gasteiger partial charge is 0.354 e. The summed E-state index contributed by atoms with van der Waals surface area (Å²) in [6.45, 7) is 3.41. The van der Waals surface area contributed by atoms with Crippen LogP contribution in [0.4, 0.5) is 17.3 Å². The highest BCUT2D eigenvalue weighted by Crippen LogP contribution is 2.34. The molecule has 0 saturated heterocycles. The van der Waals surface area contributed by atoms with E-state index in [0.717, 1.165) is 6.54 Å². The van der Waals surface area contributed by atoms with Crippen LogP contribution in [0.15, 0.2) is 6.33 Å². The van der Waals surface area contributed by atoms with E-state index in [0.29, 0.717) is 18.3 Å². The molecule has 0 aliphatic heterocycles. The first-order valence-electron chi connectivity index (χ1n) is 6.38. The summed E-state index contributed by atoms with van der Waals surface area (Å²) < 4.78 is 0. The van der Waals surface area contributed by atoms with E-state index in [2.05, 4.69) is 15.4 Å². The number of nitrogen functional groups attached to an aromatic ring is 1. The van der Waals surface area contributed by atoms with Crippen LogP contribution in [0.2, 0.25) is 0 Å². The first kappa shape index (κ1) is 13.5. The molecule has 1 aliphatic rings. The summed E-state index contributed by atoms with van der Waals surface area (Å²) in [6, 6.07) is 0. The smallest absolute Gasteiger partial charge is 0.351 e. The van der Waals surface area contributed by atoms with Crippen molar-refractivity contribution in [1.29, 1.82) is 0 Å². The van der Waals surface area contributed by atoms with Gasteiger partial charge in [0.25, 0.3) is 0 Å². The number of rotatable bonds is 6. The van der Waals surface area contributed by atoms with Gasteiger partial charge in [-0.15, -0.1) is 0 Å². The molecule has 0 spiro atoms. The molecule has 19 heavy (non-hydrogen) atoms. The zero-order valence-corrected chi connectivity index (χ0v) is 10.9. The predicted molar refractivity (Wildman–Crippen MR) is 71.7 cm³/mol. The van der Waals surface area contributed by atoms with Crippen LogP contribution in [0.25, 0.3) is 0 Å². The third-order valence-electron chi connectivity index (χ3n) is 3.51. The van der Waals surface area contributed by atoms with Gasteiger partial charge in [-0.1, -0.05) is 6.42 Å². The highest BCUT2D eigenvalue weighted by molar-refractivity contribution is 5.69. The van der Waals surface area contributed by atoms with E-state index in [1.54, 1.807) is 0 Å². The Balaban J connectivity index is 2.32. The van der Waals surface area contributed by atoms with Crippen LogP contribution in [0.3, 0.4) is 0 Å². The molecule has 8 nitrogen and oxygen atoms in total. The monoisotopic (exact) mass is 266 g/mol. The van der Waals surface area contributed by atoms with Crippen LogP contribution in [0.1, 0.15) is 26.2 Å². The molecule has 1 aromatic rings. The van der Waals surface area contributed by atoms with Crippen LogP contribution >= 0.6 is 0 Å². The van der Waals surface area contributed by atoms with E-state index < -0.39 is 4.92 Å². The van der Waals surface area contributed by atoms with Gasteiger partial charge in [0.2, 0.25) is 11.6 Å². The molecule has 8 heteroatoms. The summed E-state index contributed by atoms with van der Waals surface area (Å²) in [5.74, 6) is 6.25. The van der Waals surface area contributed by atoms with Crippen molar-refractivity contribution in [1.82, 2.24) is 9.97 Å². The molecule has 0 aromatic carbocycles. The van der Waals surface area contributed by atoms with Gasteiger partial charge in [0.05, 0.1) is 4.92 Å². The van der Waals surface area contributed by atoms with Gasteiger partial charge in [0, 0.05) is 13.1 Å². The van der Waals surface area contributed by atoms with Gasteiger partial charge >= 0.3 is 5.69 Å². The minimum Gasteiger partial charge on any atom is -0.351 e. The standard InChI is InChI=1S/C11H18N6O2/c1-2-16(6-8-4-3-5-8)11-9(17(18)19)10(15-12)13-7-14-11/h7-8H,2-6,12H2,1H3,(H,13,14,15). The molecular formula is C11H18N6O2. The van der Waals surface area contributed by atoms with E-state index >= 15 is 0 Å². The van der Waals surface area contributed by atoms with Crippen LogP contribution in [0.5, 0.6) is 0 Å². The van der Waals surface area contributed by atoms with Crippen molar-refractivity contribution in [3.05, 3.63) is 16.4 Å². The molecule has 0 radical (unpaired) electrons. The van der Waals surface area contributed by atoms with Crippen molar-refractivity contribution < 1.29 is 4.92 Å². The van der Waals surface area contributed by atoms with E-state index in [4.69, 9.17) is 5.84 Å². The van der Waals surface area contributed by atoms with Crippen molar-refractivity contribution in [2.24, 2.45) is 11.8 Å². The van der Waals surface area contributed by atoms with Gasteiger partial charge < -0.3 is 10.3 Å². The van der Waals surface area contributed by atoms with E-state index in [1.807, 2.05) is 11.8 Å². The van der Waals surface area contributed by atoms with E-state index in [1.165, 1.54) is 25.6 Å². The Labute approximate surface area is 111 Å². The summed E-state index contributed by atoms with van der Waals surface area (Å²) in [6.07, 6.45) is 4.89. The maximum Gasteiger partial charge on any atom is 0.354 e. The number of nitrogens with zero attached hydrogens (tertiary/aromatic N) is 4. The lowest BCUT2D eigenvalue weighted by molar-refractivity contribution is -0.383. The lowest BCUT2D eigenvalue weighted by Gasteiger charge is -2.32. The third kappa shape index (κ3) is 2.73. The molecule has 0 unspecified atom stereocenters. The molecule has 0 atom stereocenters. The topological polar surface area (TPSA) is 110 Å². The van der Waals surface area contributed by atoms with Crippen LogP contribution in [-0.4, -0.2) is 28.0 Å². The number of hydrazine groups is 1. The lowest BCUT2D eigenvalue weighted by Crippen LogP contribution is -2.33. The summed E-state index contributed by atoms with van der Waals surface area (Å²) in [4.78, 5) is 20.5. The number of hydrogen-bond donors (Lipinski definition) is 2. The van der Waals surface area contributed by atoms with Gasteiger partial charge in [-0.2, -0.15) is 0 Å². The van der Waals surface area contributed by atoms with E-state index in [9.17, 15) is 10.1 Å². The molecule has 1 aliphatic carbocycles. The highest BCUT2D eigenvalue weighted by Gasteiger charge is 2.28. The van der Waals surface area contributed by atoms with Gasteiger partial charge in [0.1, 0.15) is 6.33 Å². The van der Waals surface area contributed by atoms with E-state index in [-0.39, 0.29) is 11.5 Å². The Kier molecular flexibility index (Phi) is 4.10.